The topological polar surface area (TPSA) is 54.0 Å². The summed E-state index contributed by atoms with van der Waals surface area (Å²) in [6, 6.07) is 5.44. The first-order chi connectivity index (χ1) is 10.0. The Hall–Kier alpha value is -1.30. The lowest BCUT2D eigenvalue weighted by Crippen LogP contribution is -2.54. The van der Waals surface area contributed by atoms with Crippen molar-refractivity contribution in [3.8, 4) is 11.5 Å². The Labute approximate surface area is 126 Å². The van der Waals surface area contributed by atoms with Crippen molar-refractivity contribution in [2.45, 2.75) is 25.9 Å². The molecule has 5 nitrogen and oxygen atoms in total. The van der Waals surface area contributed by atoms with Crippen molar-refractivity contribution in [3.05, 3.63) is 23.8 Å². The highest BCUT2D eigenvalue weighted by Crippen LogP contribution is 2.26. The number of ether oxygens (including phenoxy) is 2. The second-order valence-electron chi connectivity index (χ2n) is 6.02. The number of rotatable bonds is 6. The molecule has 0 spiro atoms. The lowest BCUT2D eigenvalue weighted by molar-refractivity contribution is -0.00967. The molecule has 1 aromatic carbocycles. The molecule has 1 saturated heterocycles. The maximum absolute atomic E-state index is 9.60. The van der Waals surface area contributed by atoms with Crippen molar-refractivity contribution in [1.29, 1.82) is 0 Å². The number of phenolic OH excluding ortho intramolecular Hbond substituents is 1. The van der Waals surface area contributed by atoms with E-state index in [0.717, 1.165) is 45.0 Å². The van der Waals surface area contributed by atoms with Crippen LogP contribution in [0.25, 0.3) is 0 Å². The third-order valence-electron chi connectivity index (χ3n) is 4.00. The molecule has 0 aromatic heterocycles. The maximum atomic E-state index is 9.60. The Morgan fingerprint density at radius 2 is 2.05 bits per heavy atom. The first-order valence-electron chi connectivity index (χ1n) is 7.42. The zero-order valence-corrected chi connectivity index (χ0v) is 13.2. The fourth-order valence-electron chi connectivity index (χ4n) is 2.63. The van der Waals surface area contributed by atoms with Gasteiger partial charge in [-0.3, -0.25) is 4.90 Å². The molecule has 0 saturated carbocycles. The summed E-state index contributed by atoms with van der Waals surface area (Å²) in [4.78, 5) is 2.46. The first-order valence-corrected chi connectivity index (χ1v) is 7.42. The van der Waals surface area contributed by atoms with Crippen molar-refractivity contribution in [3.63, 3.8) is 0 Å². The van der Waals surface area contributed by atoms with Gasteiger partial charge in [-0.1, -0.05) is 6.07 Å². The van der Waals surface area contributed by atoms with Crippen LogP contribution in [0.15, 0.2) is 18.2 Å². The van der Waals surface area contributed by atoms with E-state index in [1.54, 1.807) is 13.2 Å². The quantitative estimate of drug-likeness (QED) is 0.835. The highest BCUT2D eigenvalue weighted by atomic mass is 16.5. The molecular weight excluding hydrogens is 268 g/mol. The molecule has 1 fully saturated rings. The molecule has 1 heterocycles. The summed E-state index contributed by atoms with van der Waals surface area (Å²) in [5.41, 5.74) is 1.20. The minimum atomic E-state index is 0.102. The molecule has 2 N–H and O–H groups in total. The van der Waals surface area contributed by atoms with Crippen LogP contribution in [0.2, 0.25) is 0 Å². The van der Waals surface area contributed by atoms with Gasteiger partial charge in [0.25, 0.3) is 0 Å². The molecule has 1 aromatic rings. The number of morpholine rings is 1. The largest absolute Gasteiger partial charge is 0.504 e. The van der Waals surface area contributed by atoms with Gasteiger partial charge in [0.2, 0.25) is 0 Å². The SMILES string of the molecule is COc1cc(CNCC(C)(C)N2CCOCC2)ccc1O. The third-order valence-corrected chi connectivity index (χ3v) is 4.00. The molecule has 2 rings (SSSR count). The fraction of sp³-hybridized carbons (Fsp3) is 0.625. The lowest BCUT2D eigenvalue weighted by Gasteiger charge is -2.41. The van der Waals surface area contributed by atoms with Crippen LogP contribution in [0, 0.1) is 0 Å². The molecule has 0 aliphatic carbocycles. The number of aromatic hydroxyl groups is 1. The van der Waals surface area contributed by atoms with Crippen LogP contribution in [0.3, 0.4) is 0 Å². The third kappa shape index (κ3) is 4.33. The van der Waals surface area contributed by atoms with E-state index >= 15 is 0 Å². The number of benzene rings is 1. The van der Waals surface area contributed by atoms with Crippen LogP contribution in [-0.2, 0) is 11.3 Å². The van der Waals surface area contributed by atoms with Gasteiger partial charge in [-0.25, -0.2) is 0 Å². The van der Waals surface area contributed by atoms with Crippen molar-refractivity contribution in [2.24, 2.45) is 0 Å². The lowest BCUT2D eigenvalue weighted by atomic mass is 10.0. The Balaban J connectivity index is 1.85. The zero-order valence-electron chi connectivity index (χ0n) is 13.2. The normalized spacial score (nSPS) is 16.9. The van der Waals surface area contributed by atoms with Crippen LogP contribution in [0.1, 0.15) is 19.4 Å². The number of nitrogens with zero attached hydrogens (tertiary/aromatic N) is 1. The van der Waals surface area contributed by atoms with E-state index in [-0.39, 0.29) is 11.3 Å². The molecule has 0 amide bonds. The fourth-order valence-corrected chi connectivity index (χ4v) is 2.63. The van der Waals surface area contributed by atoms with Crippen LogP contribution in [-0.4, -0.2) is 55.5 Å². The van der Waals surface area contributed by atoms with Gasteiger partial charge in [0, 0.05) is 31.7 Å². The van der Waals surface area contributed by atoms with Gasteiger partial charge in [0.1, 0.15) is 0 Å². The van der Waals surface area contributed by atoms with Crippen LogP contribution in [0.5, 0.6) is 11.5 Å². The van der Waals surface area contributed by atoms with Gasteiger partial charge < -0.3 is 19.9 Å². The van der Waals surface area contributed by atoms with E-state index in [1.165, 1.54) is 0 Å². The van der Waals surface area contributed by atoms with Crippen molar-refractivity contribution in [2.75, 3.05) is 40.0 Å². The van der Waals surface area contributed by atoms with E-state index in [4.69, 9.17) is 9.47 Å². The highest BCUT2D eigenvalue weighted by molar-refractivity contribution is 5.41. The van der Waals surface area contributed by atoms with Crippen molar-refractivity contribution in [1.82, 2.24) is 10.2 Å². The van der Waals surface area contributed by atoms with Crippen LogP contribution >= 0.6 is 0 Å². The monoisotopic (exact) mass is 294 g/mol. The summed E-state index contributed by atoms with van der Waals surface area (Å²) in [5, 5.41) is 13.1. The average molecular weight is 294 g/mol. The average Bonchev–Trinajstić information content (AvgIpc) is 2.49. The summed E-state index contributed by atoms with van der Waals surface area (Å²) in [6.07, 6.45) is 0. The maximum Gasteiger partial charge on any atom is 0.160 e. The van der Waals surface area contributed by atoms with Crippen LogP contribution in [0.4, 0.5) is 0 Å². The van der Waals surface area contributed by atoms with Gasteiger partial charge in [0.15, 0.2) is 11.5 Å². The summed E-state index contributed by atoms with van der Waals surface area (Å²) in [7, 11) is 1.56. The van der Waals surface area contributed by atoms with Crippen molar-refractivity contribution >= 4 is 0 Å². The molecular formula is C16H26N2O3. The summed E-state index contributed by atoms with van der Waals surface area (Å²) < 4.78 is 10.5. The van der Waals surface area contributed by atoms with E-state index in [2.05, 4.69) is 24.1 Å². The standard InChI is InChI=1S/C16H26N2O3/c1-16(2,18-6-8-21-9-7-18)12-17-11-13-4-5-14(19)15(10-13)20-3/h4-5,10,17,19H,6-9,11-12H2,1-3H3. The molecule has 0 unspecified atom stereocenters. The molecule has 1 aliphatic rings. The predicted molar refractivity (Wildman–Crippen MR) is 82.8 cm³/mol. The van der Waals surface area contributed by atoms with Gasteiger partial charge >= 0.3 is 0 Å². The van der Waals surface area contributed by atoms with E-state index in [9.17, 15) is 5.11 Å². The number of hydrogen-bond donors (Lipinski definition) is 2. The summed E-state index contributed by atoms with van der Waals surface area (Å²) in [6.45, 7) is 9.77. The predicted octanol–water partition coefficient (Wildman–Crippen LogP) is 1.60. The highest BCUT2D eigenvalue weighted by Gasteiger charge is 2.27. The summed E-state index contributed by atoms with van der Waals surface area (Å²) in [5.74, 6) is 0.691. The molecule has 0 atom stereocenters. The minimum Gasteiger partial charge on any atom is -0.504 e. The second-order valence-corrected chi connectivity index (χ2v) is 6.02. The number of methoxy groups -OCH3 is 1. The van der Waals surface area contributed by atoms with E-state index in [0.29, 0.717) is 5.75 Å². The van der Waals surface area contributed by atoms with Gasteiger partial charge in [-0.15, -0.1) is 0 Å². The van der Waals surface area contributed by atoms with E-state index < -0.39 is 0 Å². The molecule has 0 radical (unpaired) electrons. The second kappa shape index (κ2) is 7.11. The van der Waals surface area contributed by atoms with Crippen LogP contribution < -0.4 is 10.1 Å². The molecule has 5 heteroatoms. The Morgan fingerprint density at radius 1 is 1.33 bits per heavy atom. The number of nitrogens with one attached hydrogen (secondary N) is 1. The molecule has 118 valence electrons. The Bertz CT molecular complexity index is 457. The zero-order chi connectivity index (χ0) is 15.3. The minimum absolute atomic E-state index is 0.102. The summed E-state index contributed by atoms with van der Waals surface area (Å²) >= 11 is 0. The molecule has 21 heavy (non-hydrogen) atoms. The van der Waals surface area contributed by atoms with Gasteiger partial charge in [0.05, 0.1) is 20.3 Å². The first kappa shape index (κ1) is 16.1. The van der Waals surface area contributed by atoms with Crippen molar-refractivity contribution < 1.29 is 14.6 Å². The smallest absolute Gasteiger partial charge is 0.160 e. The van der Waals surface area contributed by atoms with E-state index in [1.807, 2.05) is 12.1 Å². The van der Waals surface area contributed by atoms with Gasteiger partial charge in [-0.2, -0.15) is 0 Å². The molecule has 0 bridgehead atoms. The molecule has 1 aliphatic heterocycles. The van der Waals surface area contributed by atoms with Gasteiger partial charge in [-0.05, 0) is 31.5 Å². The Morgan fingerprint density at radius 3 is 2.71 bits per heavy atom. The Kier molecular flexibility index (Phi) is 5.45. The number of phenols is 1. The number of hydrogen-bond acceptors (Lipinski definition) is 5.